The molecule has 2 saturated carbocycles. The summed E-state index contributed by atoms with van der Waals surface area (Å²) in [5, 5.41) is 0. The summed E-state index contributed by atoms with van der Waals surface area (Å²) in [7, 11) is 0. The summed E-state index contributed by atoms with van der Waals surface area (Å²) in [4.78, 5) is 11.4. The van der Waals surface area contributed by atoms with Gasteiger partial charge in [-0.05, 0) is 44.9 Å². The molecule has 0 aromatic rings. The van der Waals surface area contributed by atoms with E-state index in [1.54, 1.807) is 6.92 Å². The molecule has 0 heterocycles. The smallest absolute Gasteiger partial charge is 0.248 e. The minimum atomic E-state index is -2.48. The molecule has 86 valence electrons. The van der Waals surface area contributed by atoms with Gasteiger partial charge < -0.3 is 0 Å². The molecule has 0 N–H and O–H groups in total. The van der Waals surface area contributed by atoms with Crippen LogP contribution in [0.25, 0.3) is 0 Å². The number of halogens is 2. The minimum Gasteiger partial charge on any atom is -0.299 e. The van der Waals surface area contributed by atoms with E-state index in [1.165, 1.54) is 0 Å². The molecule has 0 saturated heterocycles. The number of ketones is 1. The van der Waals surface area contributed by atoms with Crippen LogP contribution < -0.4 is 0 Å². The van der Waals surface area contributed by atoms with Crippen LogP contribution in [0.3, 0.4) is 0 Å². The van der Waals surface area contributed by atoms with E-state index in [0.717, 1.165) is 19.3 Å². The number of Topliss-reactive ketones (excluding diaryl/α,β-unsaturated/α-hetero) is 1. The van der Waals surface area contributed by atoms with Gasteiger partial charge in [0.15, 0.2) is 0 Å². The molecule has 15 heavy (non-hydrogen) atoms. The van der Waals surface area contributed by atoms with E-state index in [2.05, 4.69) is 0 Å². The van der Waals surface area contributed by atoms with Gasteiger partial charge in [0, 0.05) is 18.3 Å². The van der Waals surface area contributed by atoms with Crippen LogP contribution in [-0.2, 0) is 4.79 Å². The predicted molar refractivity (Wildman–Crippen MR) is 53.9 cm³/mol. The lowest BCUT2D eigenvalue weighted by molar-refractivity contribution is -0.123. The summed E-state index contributed by atoms with van der Waals surface area (Å²) < 4.78 is 26.3. The third kappa shape index (κ3) is 2.37. The summed E-state index contributed by atoms with van der Waals surface area (Å²) in [6.45, 7) is 1.61. The van der Waals surface area contributed by atoms with E-state index in [9.17, 15) is 13.6 Å². The highest BCUT2D eigenvalue weighted by Crippen LogP contribution is 2.54. The van der Waals surface area contributed by atoms with Crippen LogP contribution in [0.4, 0.5) is 8.78 Å². The molecule has 0 amide bonds. The number of carbonyl (C=O) groups excluding carboxylic acids is 1. The largest absolute Gasteiger partial charge is 0.299 e. The standard InChI is InChI=1S/C12H18F2O/c1-9(15)11(5-6-11)7-10-3-2-4-12(13,14)8-10/h10H,2-8H2,1H3. The highest BCUT2D eigenvalue weighted by molar-refractivity contribution is 5.84. The second-order valence-corrected chi connectivity index (χ2v) is 5.36. The Morgan fingerprint density at radius 2 is 2.00 bits per heavy atom. The first-order valence-electron chi connectivity index (χ1n) is 5.82. The molecule has 1 nitrogen and oxygen atoms in total. The zero-order valence-electron chi connectivity index (χ0n) is 9.19. The van der Waals surface area contributed by atoms with Crippen molar-refractivity contribution in [2.45, 2.75) is 57.8 Å². The zero-order chi connectivity index (χ0) is 11.1. The van der Waals surface area contributed by atoms with Crippen molar-refractivity contribution < 1.29 is 13.6 Å². The molecule has 0 spiro atoms. The quantitative estimate of drug-likeness (QED) is 0.704. The highest BCUT2D eigenvalue weighted by atomic mass is 19.3. The van der Waals surface area contributed by atoms with Crippen molar-refractivity contribution in [1.29, 1.82) is 0 Å². The predicted octanol–water partition coefficient (Wildman–Crippen LogP) is 3.57. The van der Waals surface area contributed by atoms with Crippen molar-refractivity contribution in [2.75, 3.05) is 0 Å². The minimum absolute atomic E-state index is 0.00201. The van der Waals surface area contributed by atoms with Crippen LogP contribution in [0.2, 0.25) is 0 Å². The van der Waals surface area contributed by atoms with Gasteiger partial charge in [-0.1, -0.05) is 0 Å². The van der Waals surface area contributed by atoms with E-state index in [1.807, 2.05) is 0 Å². The van der Waals surface area contributed by atoms with E-state index in [-0.39, 0.29) is 30.0 Å². The van der Waals surface area contributed by atoms with Gasteiger partial charge in [0.05, 0.1) is 0 Å². The van der Waals surface area contributed by atoms with Gasteiger partial charge in [0.25, 0.3) is 0 Å². The molecule has 3 heteroatoms. The SMILES string of the molecule is CC(=O)C1(CC2CCCC(F)(F)C2)CC1. The highest BCUT2D eigenvalue weighted by Gasteiger charge is 2.50. The summed E-state index contributed by atoms with van der Waals surface area (Å²) in [6.07, 6.45) is 4.08. The van der Waals surface area contributed by atoms with E-state index in [0.29, 0.717) is 12.8 Å². The van der Waals surface area contributed by atoms with Gasteiger partial charge in [-0.15, -0.1) is 0 Å². The molecule has 0 aliphatic heterocycles. The summed E-state index contributed by atoms with van der Waals surface area (Å²) >= 11 is 0. The lowest BCUT2D eigenvalue weighted by Gasteiger charge is -2.30. The van der Waals surface area contributed by atoms with Crippen molar-refractivity contribution in [3.63, 3.8) is 0 Å². The Labute approximate surface area is 89.2 Å². The Kier molecular flexibility index (Phi) is 2.60. The molecule has 2 aliphatic carbocycles. The average Bonchev–Trinajstić information content (AvgIpc) is 2.83. The molecule has 0 aromatic carbocycles. The second-order valence-electron chi connectivity index (χ2n) is 5.36. The Morgan fingerprint density at radius 1 is 1.33 bits per heavy atom. The van der Waals surface area contributed by atoms with E-state index >= 15 is 0 Å². The fourth-order valence-corrected chi connectivity index (χ4v) is 2.85. The molecule has 0 radical (unpaired) electrons. The fourth-order valence-electron chi connectivity index (χ4n) is 2.85. The zero-order valence-corrected chi connectivity index (χ0v) is 9.19. The van der Waals surface area contributed by atoms with E-state index in [4.69, 9.17) is 0 Å². The number of carbonyl (C=O) groups is 1. The van der Waals surface area contributed by atoms with Gasteiger partial charge in [-0.25, -0.2) is 8.78 Å². The lowest BCUT2D eigenvalue weighted by Crippen LogP contribution is -2.29. The van der Waals surface area contributed by atoms with Crippen molar-refractivity contribution in [3.05, 3.63) is 0 Å². The van der Waals surface area contributed by atoms with Crippen LogP contribution in [0, 0.1) is 11.3 Å². The molecular weight excluding hydrogens is 198 g/mol. The summed E-state index contributed by atoms with van der Waals surface area (Å²) in [5.41, 5.74) is -0.196. The van der Waals surface area contributed by atoms with Gasteiger partial charge in [0.2, 0.25) is 5.92 Å². The second kappa shape index (κ2) is 3.53. The monoisotopic (exact) mass is 216 g/mol. The normalized spacial score (nSPS) is 32.3. The van der Waals surface area contributed by atoms with Gasteiger partial charge in [-0.3, -0.25) is 4.79 Å². The Balaban J connectivity index is 1.92. The maximum absolute atomic E-state index is 13.2. The first kappa shape index (κ1) is 11.0. The topological polar surface area (TPSA) is 17.1 Å². The molecule has 1 unspecified atom stereocenters. The number of hydrogen-bond donors (Lipinski definition) is 0. The maximum atomic E-state index is 13.2. The lowest BCUT2D eigenvalue weighted by atomic mass is 9.78. The van der Waals surface area contributed by atoms with Gasteiger partial charge >= 0.3 is 0 Å². The Morgan fingerprint density at radius 3 is 2.47 bits per heavy atom. The van der Waals surface area contributed by atoms with Crippen LogP contribution in [0.1, 0.15) is 51.9 Å². The molecule has 2 rings (SSSR count). The van der Waals surface area contributed by atoms with Crippen LogP contribution in [0.5, 0.6) is 0 Å². The molecular formula is C12H18F2O. The van der Waals surface area contributed by atoms with Crippen molar-refractivity contribution >= 4 is 5.78 Å². The van der Waals surface area contributed by atoms with Crippen molar-refractivity contribution in [3.8, 4) is 0 Å². The molecule has 0 aromatic heterocycles. The Hall–Kier alpha value is -0.470. The van der Waals surface area contributed by atoms with Crippen molar-refractivity contribution in [1.82, 2.24) is 0 Å². The fraction of sp³-hybridized carbons (Fsp3) is 0.917. The first-order valence-corrected chi connectivity index (χ1v) is 5.82. The Bertz CT molecular complexity index is 269. The third-order valence-electron chi connectivity index (χ3n) is 4.02. The number of hydrogen-bond acceptors (Lipinski definition) is 1. The summed E-state index contributed by atoms with van der Waals surface area (Å²) in [5.74, 6) is -2.20. The molecule has 2 aliphatic rings. The third-order valence-corrected chi connectivity index (χ3v) is 4.02. The van der Waals surface area contributed by atoms with Crippen LogP contribution >= 0.6 is 0 Å². The molecule has 2 fully saturated rings. The van der Waals surface area contributed by atoms with Crippen LogP contribution in [0.15, 0.2) is 0 Å². The number of rotatable bonds is 3. The van der Waals surface area contributed by atoms with Crippen molar-refractivity contribution in [2.24, 2.45) is 11.3 Å². The van der Waals surface area contributed by atoms with Crippen LogP contribution in [-0.4, -0.2) is 11.7 Å². The molecule has 1 atom stereocenters. The summed E-state index contributed by atoms with van der Waals surface area (Å²) in [6, 6.07) is 0. The van der Waals surface area contributed by atoms with E-state index < -0.39 is 5.92 Å². The average molecular weight is 216 g/mol. The van der Waals surface area contributed by atoms with Gasteiger partial charge in [0.1, 0.15) is 5.78 Å². The molecule has 0 bridgehead atoms. The van der Waals surface area contributed by atoms with Gasteiger partial charge in [-0.2, -0.15) is 0 Å². The number of alkyl halides is 2. The maximum Gasteiger partial charge on any atom is 0.248 e. The first-order chi connectivity index (χ1) is 6.94.